The molecule has 0 aromatic heterocycles. The maximum Gasteiger partial charge on any atom is 0.330 e. The van der Waals surface area contributed by atoms with Gasteiger partial charge in [-0.1, -0.05) is 12.1 Å². The summed E-state index contributed by atoms with van der Waals surface area (Å²) in [6.07, 6.45) is 3.19. The Morgan fingerprint density at radius 3 is 2.89 bits per heavy atom. The minimum Gasteiger partial charge on any atom is -0.466 e. The number of nitrogens with zero attached hydrogens (tertiary/aromatic N) is 1. The van der Waals surface area contributed by atoms with Gasteiger partial charge in [-0.05, 0) is 23.8 Å². The van der Waals surface area contributed by atoms with Crippen molar-refractivity contribution in [3.05, 3.63) is 35.9 Å². The Balaban J connectivity index is 2.09. The van der Waals surface area contributed by atoms with Gasteiger partial charge in [0.15, 0.2) is 0 Å². The van der Waals surface area contributed by atoms with Gasteiger partial charge in [0, 0.05) is 24.9 Å². The van der Waals surface area contributed by atoms with E-state index in [1.54, 1.807) is 6.08 Å². The summed E-state index contributed by atoms with van der Waals surface area (Å²) in [6.45, 7) is 3.35. The maximum absolute atomic E-state index is 11.0. The van der Waals surface area contributed by atoms with Crippen LogP contribution in [0.1, 0.15) is 5.56 Å². The molecule has 96 valence electrons. The van der Waals surface area contributed by atoms with Crippen LogP contribution in [0, 0.1) is 0 Å². The zero-order valence-corrected chi connectivity index (χ0v) is 10.5. The van der Waals surface area contributed by atoms with Crippen LogP contribution in [-0.4, -0.2) is 39.4 Å². The highest BCUT2D eigenvalue weighted by atomic mass is 16.5. The molecule has 1 aliphatic heterocycles. The predicted molar refractivity (Wildman–Crippen MR) is 70.5 cm³/mol. The molecule has 0 atom stereocenters. The van der Waals surface area contributed by atoms with E-state index in [1.165, 1.54) is 13.2 Å². The lowest BCUT2D eigenvalue weighted by atomic mass is 10.1. The molecule has 4 nitrogen and oxygen atoms in total. The molecule has 18 heavy (non-hydrogen) atoms. The number of esters is 1. The molecule has 1 aliphatic rings. The van der Waals surface area contributed by atoms with Gasteiger partial charge in [0.25, 0.3) is 0 Å². The Hall–Kier alpha value is -1.81. The lowest BCUT2D eigenvalue weighted by molar-refractivity contribution is -0.134. The van der Waals surface area contributed by atoms with E-state index in [9.17, 15) is 4.79 Å². The smallest absolute Gasteiger partial charge is 0.330 e. The predicted octanol–water partition coefficient (Wildman–Crippen LogP) is 1.71. The average Bonchev–Trinajstić information content (AvgIpc) is 2.46. The van der Waals surface area contributed by atoms with Gasteiger partial charge in [-0.15, -0.1) is 0 Å². The third-order valence-corrected chi connectivity index (χ3v) is 2.86. The van der Waals surface area contributed by atoms with Crippen LogP contribution in [0.2, 0.25) is 0 Å². The number of hydrogen-bond acceptors (Lipinski definition) is 4. The number of ether oxygens (including phenoxy) is 2. The minimum atomic E-state index is -0.341. The van der Waals surface area contributed by atoms with E-state index < -0.39 is 0 Å². The van der Waals surface area contributed by atoms with E-state index in [0.717, 1.165) is 37.6 Å². The lowest BCUT2D eigenvalue weighted by Gasteiger charge is -2.29. The first-order valence-electron chi connectivity index (χ1n) is 5.98. The molecule has 0 N–H and O–H groups in total. The summed E-state index contributed by atoms with van der Waals surface area (Å²) < 4.78 is 9.89. The van der Waals surface area contributed by atoms with E-state index in [4.69, 9.17) is 4.74 Å². The van der Waals surface area contributed by atoms with Crippen LogP contribution in [0.5, 0.6) is 0 Å². The van der Waals surface area contributed by atoms with Crippen LogP contribution in [0.4, 0.5) is 5.69 Å². The second-order valence-electron chi connectivity index (χ2n) is 4.05. The fourth-order valence-corrected chi connectivity index (χ4v) is 1.88. The molecule has 2 rings (SSSR count). The van der Waals surface area contributed by atoms with Gasteiger partial charge in [0.1, 0.15) is 0 Å². The van der Waals surface area contributed by atoms with Crippen molar-refractivity contribution in [3.63, 3.8) is 0 Å². The first kappa shape index (κ1) is 12.6. The van der Waals surface area contributed by atoms with Gasteiger partial charge < -0.3 is 14.4 Å². The number of morpholine rings is 1. The molecule has 0 saturated carbocycles. The first-order valence-corrected chi connectivity index (χ1v) is 5.98. The van der Waals surface area contributed by atoms with Crippen molar-refractivity contribution in [1.29, 1.82) is 0 Å². The molecule has 4 heteroatoms. The van der Waals surface area contributed by atoms with Crippen molar-refractivity contribution in [2.24, 2.45) is 0 Å². The van der Waals surface area contributed by atoms with Crippen molar-refractivity contribution < 1.29 is 14.3 Å². The SMILES string of the molecule is COC(=O)C=Cc1cccc(N2CCOCC2)c1. The third-order valence-electron chi connectivity index (χ3n) is 2.86. The number of rotatable bonds is 3. The summed E-state index contributed by atoms with van der Waals surface area (Å²) in [6, 6.07) is 8.08. The molecule has 0 amide bonds. The molecule has 1 aromatic carbocycles. The van der Waals surface area contributed by atoms with Crippen molar-refractivity contribution >= 4 is 17.7 Å². The number of carbonyl (C=O) groups excluding carboxylic acids is 1. The second kappa shape index (κ2) is 6.21. The van der Waals surface area contributed by atoms with Gasteiger partial charge >= 0.3 is 5.97 Å². The molecule has 1 aromatic rings. The van der Waals surface area contributed by atoms with Gasteiger partial charge in [-0.2, -0.15) is 0 Å². The number of carbonyl (C=O) groups is 1. The summed E-state index contributed by atoms with van der Waals surface area (Å²) in [5.74, 6) is -0.341. The Bertz CT molecular complexity index is 436. The summed E-state index contributed by atoms with van der Waals surface area (Å²) in [4.78, 5) is 13.3. The molecule has 1 heterocycles. The Morgan fingerprint density at radius 2 is 2.17 bits per heavy atom. The number of anilines is 1. The topological polar surface area (TPSA) is 38.8 Å². The van der Waals surface area contributed by atoms with E-state index >= 15 is 0 Å². The van der Waals surface area contributed by atoms with Gasteiger partial charge in [-0.3, -0.25) is 0 Å². The monoisotopic (exact) mass is 247 g/mol. The van der Waals surface area contributed by atoms with Crippen LogP contribution in [0.3, 0.4) is 0 Å². The largest absolute Gasteiger partial charge is 0.466 e. The Morgan fingerprint density at radius 1 is 1.39 bits per heavy atom. The molecule has 0 bridgehead atoms. The summed E-state index contributed by atoms with van der Waals surface area (Å²) in [5, 5.41) is 0. The minimum absolute atomic E-state index is 0.341. The second-order valence-corrected chi connectivity index (χ2v) is 4.05. The highest BCUT2D eigenvalue weighted by Gasteiger charge is 2.10. The standard InChI is InChI=1S/C14H17NO3/c1-17-14(16)6-5-12-3-2-4-13(11-12)15-7-9-18-10-8-15/h2-6,11H,7-10H2,1H3. The highest BCUT2D eigenvalue weighted by molar-refractivity contribution is 5.87. The summed E-state index contributed by atoms with van der Waals surface area (Å²) in [5.41, 5.74) is 2.15. The van der Waals surface area contributed by atoms with E-state index in [1.807, 2.05) is 12.1 Å². The van der Waals surface area contributed by atoms with Gasteiger partial charge in [-0.25, -0.2) is 4.79 Å². The number of methoxy groups -OCH3 is 1. The maximum atomic E-state index is 11.0. The molecule has 1 fully saturated rings. The Kier molecular flexibility index (Phi) is 4.36. The van der Waals surface area contributed by atoms with Crippen LogP contribution in [0.15, 0.2) is 30.3 Å². The lowest BCUT2D eigenvalue weighted by Crippen LogP contribution is -2.36. The molecule has 0 radical (unpaired) electrons. The normalized spacial score (nSPS) is 15.9. The van der Waals surface area contributed by atoms with Crippen LogP contribution >= 0.6 is 0 Å². The fourth-order valence-electron chi connectivity index (χ4n) is 1.88. The molecule has 0 spiro atoms. The molecular formula is C14H17NO3. The number of benzene rings is 1. The quantitative estimate of drug-likeness (QED) is 0.602. The Labute approximate surface area is 107 Å². The highest BCUT2D eigenvalue weighted by Crippen LogP contribution is 2.18. The van der Waals surface area contributed by atoms with Gasteiger partial charge in [0.2, 0.25) is 0 Å². The molecule has 0 unspecified atom stereocenters. The van der Waals surface area contributed by atoms with E-state index in [-0.39, 0.29) is 5.97 Å². The van der Waals surface area contributed by atoms with Crippen LogP contribution in [-0.2, 0) is 14.3 Å². The number of hydrogen-bond donors (Lipinski definition) is 0. The van der Waals surface area contributed by atoms with Crippen LogP contribution < -0.4 is 4.90 Å². The molecular weight excluding hydrogens is 230 g/mol. The average molecular weight is 247 g/mol. The third kappa shape index (κ3) is 3.34. The first-order chi connectivity index (χ1) is 8.79. The van der Waals surface area contributed by atoms with E-state index in [2.05, 4.69) is 21.8 Å². The van der Waals surface area contributed by atoms with Crippen LogP contribution in [0.25, 0.3) is 6.08 Å². The fraction of sp³-hybridized carbons (Fsp3) is 0.357. The van der Waals surface area contributed by atoms with Crippen molar-refractivity contribution in [2.45, 2.75) is 0 Å². The summed E-state index contributed by atoms with van der Waals surface area (Å²) >= 11 is 0. The molecule has 1 saturated heterocycles. The van der Waals surface area contributed by atoms with Crippen molar-refractivity contribution in [2.75, 3.05) is 38.3 Å². The summed E-state index contributed by atoms with van der Waals surface area (Å²) in [7, 11) is 1.37. The van der Waals surface area contributed by atoms with Crippen molar-refractivity contribution in [3.8, 4) is 0 Å². The zero-order valence-electron chi connectivity index (χ0n) is 10.5. The van der Waals surface area contributed by atoms with Crippen molar-refractivity contribution in [1.82, 2.24) is 0 Å². The zero-order chi connectivity index (χ0) is 12.8. The van der Waals surface area contributed by atoms with Gasteiger partial charge in [0.05, 0.1) is 20.3 Å². The van der Waals surface area contributed by atoms with E-state index in [0.29, 0.717) is 0 Å². The molecule has 0 aliphatic carbocycles.